The van der Waals surface area contributed by atoms with E-state index in [0.29, 0.717) is 44.0 Å². The first kappa shape index (κ1) is 15.8. The van der Waals surface area contributed by atoms with Gasteiger partial charge in [-0.3, -0.25) is 4.79 Å². The van der Waals surface area contributed by atoms with Gasteiger partial charge in [-0.2, -0.15) is 0 Å². The predicted molar refractivity (Wildman–Crippen MR) is 91.7 cm³/mol. The SMILES string of the molecule is CCOC(=O)c1c(N2CCOCC2)ccc2c1C(=O)N1CCSC21. The lowest BCUT2D eigenvalue weighted by atomic mass is 9.99. The van der Waals surface area contributed by atoms with E-state index in [4.69, 9.17) is 9.47 Å². The molecule has 1 aromatic rings. The summed E-state index contributed by atoms with van der Waals surface area (Å²) < 4.78 is 10.7. The molecule has 4 rings (SSSR count). The smallest absolute Gasteiger partial charge is 0.341 e. The van der Waals surface area contributed by atoms with E-state index in [0.717, 1.165) is 23.5 Å². The average Bonchev–Trinajstić information content (AvgIpc) is 3.19. The van der Waals surface area contributed by atoms with Crippen molar-refractivity contribution >= 4 is 29.3 Å². The standard InChI is InChI=1S/C17H20N2O4S/c1-2-23-17(21)14-12(18-5-8-22-9-6-18)4-3-11-13(14)15(20)19-7-10-24-16(11)19/h3-4,16H,2,5-10H2,1H3. The zero-order chi connectivity index (χ0) is 16.7. The first-order valence-corrected chi connectivity index (χ1v) is 9.36. The van der Waals surface area contributed by atoms with Gasteiger partial charge in [-0.1, -0.05) is 6.07 Å². The van der Waals surface area contributed by atoms with Crippen LogP contribution in [0.5, 0.6) is 0 Å². The summed E-state index contributed by atoms with van der Waals surface area (Å²) in [5, 5.41) is 0.0411. The molecule has 7 heteroatoms. The first-order valence-electron chi connectivity index (χ1n) is 8.31. The molecule has 6 nitrogen and oxygen atoms in total. The molecule has 0 saturated carbocycles. The second-order valence-corrected chi connectivity index (χ2v) is 7.15. The minimum Gasteiger partial charge on any atom is -0.462 e. The Morgan fingerprint density at radius 2 is 2.12 bits per heavy atom. The second kappa shape index (κ2) is 6.29. The van der Waals surface area contributed by atoms with Crippen molar-refractivity contribution in [2.45, 2.75) is 12.3 Å². The summed E-state index contributed by atoms with van der Waals surface area (Å²) in [6.07, 6.45) is 0. The molecule has 24 heavy (non-hydrogen) atoms. The molecule has 0 aliphatic carbocycles. The number of fused-ring (bicyclic) bond motifs is 3. The predicted octanol–water partition coefficient (Wildman–Crippen LogP) is 1.90. The highest BCUT2D eigenvalue weighted by Crippen LogP contribution is 2.48. The van der Waals surface area contributed by atoms with Crippen LogP contribution in [0.3, 0.4) is 0 Å². The maximum absolute atomic E-state index is 12.9. The van der Waals surface area contributed by atoms with E-state index in [9.17, 15) is 9.59 Å². The van der Waals surface area contributed by atoms with Gasteiger partial charge < -0.3 is 19.3 Å². The number of amides is 1. The molecule has 3 aliphatic rings. The molecule has 3 heterocycles. The van der Waals surface area contributed by atoms with Gasteiger partial charge in [0.25, 0.3) is 5.91 Å². The lowest BCUT2D eigenvalue weighted by Crippen LogP contribution is -2.37. The molecule has 0 bridgehead atoms. The number of benzene rings is 1. The summed E-state index contributed by atoms with van der Waals surface area (Å²) >= 11 is 1.75. The molecule has 1 aromatic carbocycles. The number of ether oxygens (including phenoxy) is 2. The zero-order valence-corrected chi connectivity index (χ0v) is 14.4. The van der Waals surface area contributed by atoms with Gasteiger partial charge in [0.1, 0.15) is 5.37 Å². The van der Waals surface area contributed by atoms with Crippen LogP contribution >= 0.6 is 11.8 Å². The molecule has 0 aromatic heterocycles. The maximum atomic E-state index is 12.9. The Labute approximate surface area is 145 Å². The fourth-order valence-corrected chi connectivity index (χ4v) is 4.88. The number of thioether (sulfide) groups is 1. The topological polar surface area (TPSA) is 59.1 Å². The monoisotopic (exact) mass is 348 g/mol. The van der Waals surface area contributed by atoms with Crippen molar-refractivity contribution in [2.24, 2.45) is 0 Å². The van der Waals surface area contributed by atoms with Gasteiger partial charge in [-0.15, -0.1) is 11.8 Å². The largest absolute Gasteiger partial charge is 0.462 e. The number of hydrogen-bond donors (Lipinski definition) is 0. The third-order valence-corrected chi connectivity index (χ3v) is 5.92. The van der Waals surface area contributed by atoms with Crippen LogP contribution in [0, 0.1) is 0 Å². The molecular weight excluding hydrogens is 328 g/mol. The fraction of sp³-hybridized carbons (Fsp3) is 0.529. The van der Waals surface area contributed by atoms with Crippen LogP contribution in [0.4, 0.5) is 5.69 Å². The van der Waals surface area contributed by atoms with Gasteiger partial charge in [-0.25, -0.2) is 4.79 Å². The molecule has 0 spiro atoms. The number of morpholine rings is 1. The van der Waals surface area contributed by atoms with Gasteiger partial charge in [0, 0.05) is 25.4 Å². The summed E-state index contributed by atoms with van der Waals surface area (Å²) in [4.78, 5) is 29.6. The Kier molecular flexibility index (Phi) is 4.14. The van der Waals surface area contributed by atoms with E-state index >= 15 is 0 Å². The molecule has 128 valence electrons. The molecular formula is C17H20N2O4S. The van der Waals surface area contributed by atoms with Crippen molar-refractivity contribution in [3.05, 3.63) is 28.8 Å². The Morgan fingerprint density at radius 3 is 2.88 bits per heavy atom. The number of nitrogens with zero attached hydrogens (tertiary/aromatic N) is 2. The van der Waals surface area contributed by atoms with Gasteiger partial charge >= 0.3 is 5.97 Å². The minimum absolute atomic E-state index is 0.0411. The van der Waals surface area contributed by atoms with Gasteiger partial charge in [0.05, 0.1) is 36.6 Å². The fourth-order valence-electron chi connectivity index (χ4n) is 3.60. The number of esters is 1. The summed E-state index contributed by atoms with van der Waals surface area (Å²) in [5.74, 6) is 0.490. The highest BCUT2D eigenvalue weighted by molar-refractivity contribution is 7.99. The van der Waals surface area contributed by atoms with Crippen molar-refractivity contribution in [1.29, 1.82) is 0 Å². The molecule has 2 fully saturated rings. The summed E-state index contributed by atoms with van der Waals surface area (Å²) in [6.45, 7) is 5.48. The zero-order valence-electron chi connectivity index (χ0n) is 13.6. The molecule has 1 amide bonds. The normalized spacial score (nSPS) is 22.5. The van der Waals surface area contributed by atoms with E-state index < -0.39 is 5.97 Å². The van der Waals surface area contributed by atoms with Gasteiger partial charge in [-0.05, 0) is 18.6 Å². The molecule has 1 unspecified atom stereocenters. The van der Waals surface area contributed by atoms with Gasteiger partial charge in [0.15, 0.2) is 0 Å². The molecule has 2 saturated heterocycles. The van der Waals surface area contributed by atoms with Gasteiger partial charge in [0.2, 0.25) is 0 Å². The number of carbonyl (C=O) groups is 2. The highest BCUT2D eigenvalue weighted by Gasteiger charge is 2.44. The van der Waals surface area contributed by atoms with Crippen molar-refractivity contribution in [3.63, 3.8) is 0 Å². The van der Waals surface area contributed by atoms with Crippen LogP contribution in [0.15, 0.2) is 12.1 Å². The van der Waals surface area contributed by atoms with Crippen molar-refractivity contribution < 1.29 is 19.1 Å². The third kappa shape index (κ3) is 2.38. The molecule has 1 atom stereocenters. The summed E-state index contributed by atoms with van der Waals surface area (Å²) in [5.41, 5.74) is 2.70. The third-order valence-electron chi connectivity index (χ3n) is 4.68. The Hall–Kier alpha value is -1.73. The minimum atomic E-state index is -0.407. The van der Waals surface area contributed by atoms with Crippen LogP contribution in [-0.4, -0.2) is 62.0 Å². The van der Waals surface area contributed by atoms with Crippen molar-refractivity contribution in [1.82, 2.24) is 4.90 Å². The number of carbonyl (C=O) groups excluding carboxylic acids is 2. The Balaban J connectivity index is 1.84. The van der Waals surface area contributed by atoms with Crippen LogP contribution in [0.25, 0.3) is 0 Å². The quantitative estimate of drug-likeness (QED) is 0.778. The van der Waals surface area contributed by atoms with Crippen LogP contribution in [0.1, 0.15) is 38.6 Å². The Bertz CT molecular complexity index is 687. The Morgan fingerprint density at radius 1 is 1.33 bits per heavy atom. The lowest BCUT2D eigenvalue weighted by molar-refractivity contribution is 0.0521. The molecule has 3 aliphatic heterocycles. The van der Waals surface area contributed by atoms with E-state index in [2.05, 4.69) is 4.90 Å². The second-order valence-electron chi connectivity index (χ2n) is 5.97. The number of rotatable bonds is 3. The van der Waals surface area contributed by atoms with Crippen LogP contribution in [-0.2, 0) is 9.47 Å². The van der Waals surface area contributed by atoms with E-state index in [1.165, 1.54) is 0 Å². The van der Waals surface area contributed by atoms with E-state index in [1.54, 1.807) is 18.7 Å². The average molecular weight is 348 g/mol. The van der Waals surface area contributed by atoms with Crippen molar-refractivity contribution in [3.8, 4) is 0 Å². The van der Waals surface area contributed by atoms with Crippen LogP contribution in [0.2, 0.25) is 0 Å². The number of anilines is 1. The lowest BCUT2D eigenvalue weighted by Gasteiger charge is -2.30. The summed E-state index contributed by atoms with van der Waals surface area (Å²) in [7, 11) is 0. The van der Waals surface area contributed by atoms with Crippen LogP contribution < -0.4 is 4.90 Å². The maximum Gasteiger partial charge on any atom is 0.341 e. The van der Waals surface area contributed by atoms with E-state index in [1.807, 2.05) is 17.0 Å². The molecule has 0 radical (unpaired) electrons. The highest BCUT2D eigenvalue weighted by atomic mass is 32.2. The number of hydrogen-bond acceptors (Lipinski definition) is 6. The summed E-state index contributed by atoms with van der Waals surface area (Å²) in [6, 6.07) is 3.97. The molecule has 0 N–H and O–H groups in total. The van der Waals surface area contributed by atoms with E-state index in [-0.39, 0.29) is 11.3 Å². The first-order chi connectivity index (χ1) is 11.7. The van der Waals surface area contributed by atoms with Crippen molar-refractivity contribution in [2.75, 3.05) is 50.1 Å².